The Balaban J connectivity index is 1.35. The predicted molar refractivity (Wildman–Crippen MR) is 105 cm³/mol. The van der Waals surface area contributed by atoms with Gasteiger partial charge in [-0.05, 0) is 36.1 Å². The number of aryl methyl sites for hydroxylation is 1. The second kappa shape index (κ2) is 7.85. The number of nitrogens with one attached hydrogen (secondary N) is 1. The molecular formula is C20H19N3O4S. The fourth-order valence-corrected chi connectivity index (χ4v) is 3.57. The number of aromatic nitrogens is 1. The van der Waals surface area contributed by atoms with Crippen molar-refractivity contribution in [3.05, 3.63) is 58.1 Å². The summed E-state index contributed by atoms with van der Waals surface area (Å²) in [6, 6.07) is 9.35. The first-order valence-electron chi connectivity index (χ1n) is 8.88. The van der Waals surface area contributed by atoms with Gasteiger partial charge in [-0.15, -0.1) is 0 Å². The van der Waals surface area contributed by atoms with Crippen LogP contribution in [0.1, 0.15) is 17.0 Å². The third kappa shape index (κ3) is 4.07. The van der Waals surface area contributed by atoms with E-state index in [9.17, 15) is 9.59 Å². The molecule has 1 N–H and O–H groups in total. The first kappa shape index (κ1) is 18.2. The van der Waals surface area contributed by atoms with Gasteiger partial charge >= 0.3 is 6.09 Å². The topological polar surface area (TPSA) is 84.7 Å². The van der Waals surface area contributed by atoms with E-state index in [1.54, 1.807) is 16.2 Å². The van der Waals surface area contributed by atoms with E-state index in [2.05, 4.69) is 10.3 Å². The Hall–Kier alpha value is -3.13. The highest BCUT2D eigenvalue weighted by molar-refractivity contribution is 7.08. The molecule has 1 fully saturated rings. The number of nitrogens with zero attached hydrogens (tertiary/aromatic N) is 2. The van der Waals surface area contributed by atoms with Crippen LogP contribution in [0, 0.1) is 6.92 Å². The smallest absolute Gasteiger partial charge is 0.410 e. The molecule has 1 aliphatic rings. The summed E-state index contributed by atoms with van der Waals surface area (Å²) in [5.41, 5.74) is 3.21. The third-order valence-electron chi connectivity index (χ3n) is 4.44. The van der Waals surface area contributed by atoms with Gasteiger partial charge in [0.05, 0.1) is 18.7 Å². The molecule has 0 saturated carbocycles. The maximum atomic E-state index is 12.4. The summed E-state index contributed by atoms with van der Waals surface area (Å²) in [5, 5.41) is 6.78. The Morgan fingerprint density at radius 2 is 2.11 bits per heavy atom. The number of amides is 2. The molecule has 0 atom stereocenters. The molecule has 2 amide bonds. The molecule has 2 aromatic heterocycles. The van der Waals surface area contributed by atoms with Crippen LogP contribution in [-0.4, -0.2) is 35.0 Å². The highest BCUT2D eigenvalue weighted by Gasteiger charge is 2.21. The molecule has 0 radical (unpaired) electrons. The van der Waals surface area contributed by atoms with Crippen LogP contribution >= 0.6 is 11.3 Å². The van der Waals surface area contributed by atoms with Crippen LogP contribution in [0.4, 0.5) is 10.5 Å². The van der Waals surface area contributed by atoms with Crippen LogP contribution in [0.2, 0.25) is 0 Å². The quantitative estimate of drug-likeness (QED) is 0.683. The minimum absolute atomic E-state index is 0.140. The number of thiophene rings is 1. The van der Waals surface area contributed by atoms with Crippen LogP contribution in [0.3, 0.4) is 0 Å². The summed E-state index contributed by atoms with van der Waals surface area (Å²) in [7, 11) is 0. The molecule has 28 heavy (non-hydrogen) atoms. The normalized spacial score (nSPS) is 13.6. The number of anilines is 1. The average Bonchev–Trinajstić information content (AvgIpc) is 3.40. The fourth-order valence-electron chi connectivity index (χ4n) is 2.94. The lowest BCUT2D eigenvalue weighted by molar-refractivity contribution is -0.115. The van der Waals surface area contributed by atoms with Crippen molar-refractivity contribution in [1.82, 2.24) is 9.88 Å². The highest BCUT2D eigenvalue weighted by atomic mass is 32.1. The third-order valence-corrected chi connectivity index (χ3v) is 5.13. The summed E-state index contributed by atoms with van der Waals surface area (Å²) < 4.78 is 10.6. The van der Waals surface area contributed by atoms with Crippen molar-refractivity contribution in [3.8, 4) is 11.5 Å². The number of hydrogen-bond acceptors (Lipinski definition) is 6. The molecule has 4 rings (SSSR count). The van der Waals surface area contributed by atoms with Crippen molar-refractivity contribution in [1.29, 1.82) is 0 Å². The van der Waals surface area contributed by atoms with Crippen molar-refractivity contribution in [2.75, 3.05) is 18.5 Å². The zero-order chi connectivity index (χ0) is 19.5. The maximum Gasteiger partial charge on any atom is 0.410 e. The summed E-state index contributed by atoms with van der Waals surface area (Å²) in [4.78, 5) is 30.0. The molecule has 0 bridgehead atoms. The molecule has 1 aromatic carbocycles. The van der Waals surface area contributed by atoms with E-state index in [1.165, 1.54) is 0 Å². The summed E-state index contributed by atoms with van der Waals surface area (Å²) in [6.45, 7) is 3.34. The largest absolute Gasteiger partial charge is 0.448 e. The van der Waals surface area contributed by atoms with Gasteiger partial charge in [0.25, 0.3) is 0 Å². The van der Waals surface area contributed by atoms with Gasteiger partial charge in [0, 0.05) is 23.2 Å². The van der Waals surface area contributed by atoms with E-state index < -0.39 is 0 Å². The van der Waals surface area contributed by atoms with Gasteiger partial charge in [0.15, 0.2) is 0 Å². The summed E-state index contributed by atoms with van der Waals surface area (Å²) in [6.07, 6.45) is -0.150. The van der Waals surface area contributed by atoms with Crippen LogP contribution in [-0.2, 0) is 22.5 Å². The number of oxazole rings is 1. The van der Waals surface area contributed by atoms with Crippen LogP contribution < -0.4 is 5.32 Å². The van der Waals surface area contributed by atoms with Crippen LogP contribution in [0.25, 0.3) is 11.5 Å². The summed E-state index contributed by atoms with van der Waals surface area (Å²) >= 11 is 1.57. The average molecular weight is 397 g/mol. The van der Waals surface area contributed by atoms with Crippen molar-refractivity contribution < 1.29 is 18.7 Å². The Morgan fingerprint density at radius 1 is 1.29 bits per heavy atom. The van der Waals surface area contributed by atoms with E-state index in [1.807, 2.05) is 48.0 Å². The molecule has 0 spiro atoms. The van der Waals surface area contributed by atoms with Gasteiger partial charge in [-0.2, -0.15) is 11.3 Å². The highest BCUT2D eigenvalue weighted by Crippen LogP contribution is 2.24. The Kier molecular flexibility index (Phi) is 5.12. The minimum atomic E-state index is -0.290. The summed E-state index contributed by atoms with van der Waals surface area (Å²) in [5.74, 6) is 1.01. The molecule has 1 aliphatic heterocycles. The molecule has 3 heterocycles. The Labute approximate surface area is 165 Å². The molecular weight excluding hydrogens is 378 g/mol. The number of carbonyl (C=O) groups excluding carboxylic acids is 2. The van der Waals surface area contributed by atoms with Gasteiger partial charge in [-0.25, -0.2) is 9.78 Å². The maximum absolute atomic E-state index is 12.4. The lowest BCUT2D eigenvalue weighted by Gasteiger charge is -2.13. The number of carbonyl (C=O) groups is 2. The minimum Gasteiger partial charge on any atom is -0.448 e. The molecule has 144 valence electrons. The second-order valence-electron chi connectivity index (χ2n) is 6.49. The zero-order valence-corrected chi connectivity index (χ0v) is 16.1. The molecule has 7 nitrogen and oxygen atoms in total. The van der Waals surface area contributed by atoms with E-state index in [0.29, 0.717) is 42.7 Å². The zero-order valence-electron chi connectivity index (χ0n) is 15.3. The molecule has 3 aromatic rings. The van der Waals surface area contributed by atoms with Crippen molar-refractivity contribution >= 4 is 29.0 Å². The number of rotatable bonds is 6. The van der Waals surface area contributed by atoms with Crippen molar-refractivity contribution in [2.45, 2.75) is 19.9 Å². The van der Waals surface area contributed by atoms with E-state index in [-0.39, 0.29) is 18.4 Å². The standard InChI is InChI=1S/C20H19N3O4S/c1-13-17(22-19(27-13)15-6-9-28-12-15)10-18(24)21-16-4-2-14(3-5-16)11-23-7-8-26-20(23)25/h2-6,9,12H,7-8,10-11H2,1H3,(H,21,24). The number of ether oxygens (including phenoxy) is 1. The van der Waals surface area contributed by atoms with Crippen LogP contribution in [0.5, 0.6) is 0 Å². The van der Waals surface area contributed by atoms with Gasteiger partial charge < -0.3 is 19.4 Å². The Morgan fingerprint density at radius 3 is 2.79 bits per heavy atom. The SMILES string of the molecule is Cc1oc(-c2ccsc2)nc1CC(=O)Nc1ccc(CN2CCOC2=O)cc1. The monoisotopic (exact) mass is 397 g/mol. The van der Waals surface area contributed by atoms with E-state index in [0.717, 1.165) is 11.1 Å². The first-order chi connectivity index (χ1) is 13.6. The molecule has 0 aliphatic carbocycles. The van der Waals surface area contributed by atoms with Crippen molar-refractivity contribution in [3.63, 3.8) is 0 Å². The van der Waals surface area contributed by atoms with Gasteiger partial charge in [0.1, 0.15) is 12.4 Å². The number of hydrogen-bond donors (Lipinski definition) is 1. The lowest BCUT2D eigenvalue weighted by Crippen LogP contribution is -2.23. The van der Waals surface area contributed by atoms with Crippen LogP contribution in [0.15, 0.2) is 45.5 Å². The number of cyclic esters (lactones) is 1. The van der Waals surface area contributed by atoms with Crippen molar-refractivity contribution in [2.24, 2.45) is 0 Å². The second-order valence-corrected chi connectivity index (χ2v) is 7.27. The van der Waals surface area contributed by atoms with Gasteiger partial charge in [-0.1, -0.05) is 12.1 Å². The molecule has 0 unspecified atom stereocenters. The molecule has 1 saturated heterocycles. The lowest BCUT2D eigenvalue weighted by atomic mass is 10.2. The van der Waals surface area contributed by atoms with E-state index >= 15 is 0 Å². The van der Waals surface area contributed by atoms with Gasteiger partial charge in [0.2, 0.25) is 11.8 Å². The number of benzene rings is 1. The Bertz CT molecular complexity index is 980. The molecule has 8 heteroatoms. The van der Waals surface area contributed by atoms with E-state index in [4.69, 9.17) is 9.15 Å². The first-order valence-corrected chi connectivity index (χ1v) is 9.82. The van der Waals surface area contributed by atoms with Gasteiger partial charge in [-0.3, -0.25) is 4.79 Å². The predicted octanol–water partition coefficient (Wildman–Crippen LogP) is 3.84. The fraction of sp³-hybridized carbons (Fsp3) is 0.250.